The van der Waals surface area contributed by atoms with Gasteiger partial charge in [-0.2, -0.15) is 0 Å². The molecule has 1 aromatic heterocycles. The van der Waals surface area contributed by atoms with E-state index in [4.69, 9.17) is 0 Å². The van der Waals surface area contributed by atoms with Crippen LogP contribution in [-0.2, 0) is 6.42 Å². The van der Waals surface area contributed by atoms with Gasteiger partial charge in [0.25, 0.3) is 0 Å². The zero-order chi connectivity index (χ0) is 21.2. The van der Waals surface area contributed by atoms with Crippen LogP contribution in [0.25, 0.3) is 11.1 Å². The second-order valence-corrected chi connectivity index (χ2v) is 6.93. The zero-order valence-corrected chi connectivity index (χ0v) is 16.1. The molecule has 0 aliphatic rings. The van der Waals surface area contributed by atoms with E-state index in [2.05, 4.69) is 25.7 Å². The maximum Gasteiger partial charge on any atom is 0.573 e. The van der Waals surface area contributed by atoms with Crippen LogP contribution in [0.4, 0.5) is 17.6 Å². The number of hydrogen-bond acceptors (Lipinski definition) is 3. The summed E-state index contributed by atoms with van der Waals surface area (Å²) in [6, 6.07) is 10.7. The normalized spacial score (nSPS) is 11.3. The van der Waals surface area contributed by atoms with Crippen molar-refractivity contribution in [2.75, 3.05) is 0 Å². The Kier molecular flexibility index (Phi) is 5.88. The second kappa shape index (κ2) is 8.20. The van der Waals surface area contributed by atoms with Crippen LogP contribution in [-0.4, -0.2) is 22.4 Å². The van der Waals surface area contributed by atoms with Crippen molar-refractivity contribution in [2.45, 2.75) is 12.8 Å². The van der Waals surface area contributed by atoms with Gasteiger partial charge >= 0.3 is 12.3 Å². The van der Waals surface area contributed by atoms with E-state index in [0.29, 0.717) is 15.6 Å². The highest BCUT2D eigenvalue weighted by Gasteiger charge is 2.31. The lowest BCUT2D eigenvalue weighted by atomic mass is 10.00. The lowest BCUT2D eigenvalue weighted by molar-refractivity contribution is -0.274. The largest absolute Gasteiger partial charge is 0.573 e. The smallest absolute Gasteiger partial charge is 0.478 e. The van der Waals surface area contributed by atoms with Gasteiger partial charge in [0, 0.05) is 17.1 Å². The highest BCUT2D eigenvalue weighted by molar-refractivity contribution is 9.10. The predicted octanol–water partition coefficient (Wildman–Crippen LogP) is 5.84. The average molecular weight is 470 g/mol. The molecule has 0 unspecified atom stereocenters. The summed E-state index contributed by atoms with van der Waals surface area (Å²) >= 11 is 3.14. The highest BCUT2D eigenvalue weighted by Crippen LogP contribution is 2.29. The third-order valence-corrected chi connectivity index (χ3v) is 4.41. The Morgan fingerprint density at radius 2 is 1.83 bits per heavy atom. The maximum absolute atomic E-state index is 14.6. The van der Waals surface area contributed by atoms with Crippen molar-refractivity contribution in [1.29, 1.82) is 0 Å². The van der Waals surface area contributed by atoms with Gasteiger partial charge in [-0.05, 0) is 56.9 Å². The summed E-state index contributed by atoms with van der Waals surface area (Å²) in [5.41, 5.74) is 1.02. The van der Waals surface area contributed by atoms with E-state index < -0.39 is 23.9 Å². The van der Waals surface area contributed by atoms with Gasteiger partial charge in [-0.1, -0.05) is 24.3 Å². The van der Waals surface area contributed by atoms with Crippen molar-refractivity contribution >= 4 is 21.9 Å². The van der Waals surface area contributed by atoms with Gasteiger partial charge in [0.1, 0.15) is 11.6 Å². The molecular formula is C20H12BrF4NO3. The van der Waals surface area contributed by atoms with Gasteiger partial charge in [-0.3, -0.25) is 4.98 Å². The molecule has 2 aromatic carbocycles. The molecule has 29 heavy (non-hydrogen) atoms. The first-order valence-electron chi connectivity index (χ1n) is 8.15. The molecule has 0 fully saturated rings. The quantitative estimate of drug-likeness (QED) is 0.477. The van der Waals surface area contributed by atoms with Crippen molar-refractivity contribution in [3.05, 3.63) is 81.8 Å². The van der Waals surface area contributed by atoms with Crippen molar-refractivity contribution in [2.24, 2.45) is 0 Å². The SMILES string of the molecule is O=C(O)c1cc(Br)cnc1Cc1ccc(-c2cccc(OC(F)(F)F)c2)cc1F. The molecule has 9 heteroatoms. The van der Waals surface area contributed by atoms with Gasteiger partial charge in [0.15, 0.2) is 0 Å². The van der Waals surface area contributed by atoms with Gasteiger partial charge in [-0.25, -0.2) is 9.18 Å². The number of hydrogen-bond donors (Lipinski definition) is 1. The summed E-state index contributed by atoms with van der Waals surface area (Å²) in [7, 11) is 0. The molecule has 3 aromatic rings. The number of halogens is 5. The van der Waals surface area contributed by atoms with Crippen molar-refractivity contribution in [3.8, 4) is 16.9 Å². The number of nitrogens with zero attached hydrogens (tertiary/aromatic N) is 1. The van der Waals surface area contributed by atoms with E-state index in [9.17, 15) is 27.5 Å². The molecule has 0 bridgehead atoms. The van der Waals surface area contributed by atoms with Crippen LogP contribution in [0.1, 0.15) is 21.6 Å². The van der Waals surface area contributed by atoms with E-state index >= 15 is 0 Å². The molecule has 1 N–H and O–H groups in total. The molecule has 150 valence electrons. The number of ether oxygens (including phenoxy) is 1. The Morgan fingerprint density at radius 1 is 1.10 bits per heavy atom. The first-order chi connectivity index (χ1) is 13.6. The Labute approximate surface area is 170 Å². The van der Waals surface area contributed by atoms with Crippen molar-refractivity contribution in [3.63, 3.8) is 0 Å². The third kappa shape index (κ3) is 5.32. The standard InChI is InChI=1S/C20H12BrF4NO3/c21-14-9-16(19(27)28)18(26-10-14)8-13-5-4-12(7-17(13)22)11-2-1-3-15(6-11)29-20(23,24)25/h1-7,9-10H,8H2,(H,27,28). The minimum absolute atomic E-state index is 0.0557. The van der Waals surface area contributed by atoms with E-state index in [1.54, 1.807) is 0 Å². The molecule has 0 saturated carbocycles. The number of carboxylic acid groups (broad SMARTS) is 1. The van der Waals surface area contributed by atoms with E-state index in [1.807, 2.05) is 0 Å². The van der Waals surface area contributed by atoms with Crippen LogP contribution in [0, 0.1) is 5.82 Å². The van der Waals surface area contributed by atoms with Crippen LogP contribution in [0.5, 0.6) is 5.75 Å². The van der Waals surface area contributed by atoms with Crippen LogP contribution in [0.2, 0.25) is 0 Å². The van der Waals surface area contributed by atoms with Gasteiger partial charge in [0.05, 0.1) is 11.3 Å². The van der Waals surface area contributed by atoms with E-state index in [0.717, 1.165) is 12.1 Å². The van der Waals surface area contributed by atoms with Crippen LogP contribution in [0.3, 0.4) is 0 Å². The number of aromatic carboxylic acids is 1. The Hall–Kier alpha value is -2.94. The number of aromatic nitrogens is 1. The number of alkyl halides is 3. The van der Waals surface area contributed by atoms with Crippen LogP contribution in [0.15, 0.2) is 59.2 Å². The topological polar surface area (TPSA) is 59.4 Å². The number of carbonyl (C=O) groups is 1. The zero-order valence-electron chi connectivity index (χ0n) is 14.5. The lowest BCUT2D eigenvalue weighted by Gasteiger charge is -2.11. The molecule has 0 aliphatic heterocycles. The predicted molar refractivity (Wildman–Crippen MR) is 100 cm³/mol. The molecule has 1 heterocycles. The first-order valence-corrected chi connectivity index (χ1v) is 8.94. The lowest BCUT2D eigenvalue weighted by Crippen LogP contribution is -2.17. The number of rotatable bonds is 5. The summed E-state index contributed by atoms with van der Waals surface area (Å²) < 4.78 is 56.1. The van der Waals surface area contributed by atoms with Gasteiger partial charge in [-0.15, -0.1) is 13.2 Å². The average Bonchev–Trinajstić information content (AvgIpc) is 2.63. The van der Waals surface area contributed by atoms with Crippen LogP contribution < -0.4 is 4.74 Å². The number of pyridine rings is 1. The fourth-order valence-electron chi connectivity index (χ4n) is 2.72. The van der Waals surface area contributed by atoms with Crippen molar-refractivity contribution < 1.29 is 32.2 Å². The maximum atomic E-state index is 14.6. The molecule has 0 spiro atoms. The Morgan fingerprint density at radius 3 is 2.48 bits per heavy atom. The molecule has 0 saturated heterocycles. The number of benzene rings is 2. The molecule has 0 radical (unpaired) electrons. The van der Waals surface area contributed by atoms with E-state index in [1.165, 1.54) is 42.6 Å². The molecular weight excluding hydrogens is 458 g/mol. The molecule has 0 aliphatic carbocycles. The third-order valence-electron chi connectivity index (χ3n) is 3.98. The Bertz CT molecular complexity index is 1070. The fourth-order valence-corrected chi connectivity index (χ4v) is 3.05. The highest BCUT2D eigenvalue weighted by atomic mass is 79.9. The van der Waals surface area contributed by atoms with Crippen LogP contribution >= 0.6 is 15.9 Å². The summed E-state index contributed by atoms with van der Waals surface area (Å²) in [5.74, 6) is -2.23. The second-order valence-electron chi connectivity index (χ2n) is 6.01. The first kappa shape index (κ1) is 20.8. The van der Waals surface area contributed by atoms with Crippen molar-refractivity contribution in [1.82, 2.24) is 4.98 Å². The summed E-state index contributed by atoms with van der Waals surface area (Å²) in [4.78, 5) is 15.4. The summed E-state index contributed by atoms with van der Waals surface area (Å²) in [6.45, 7) is 0. The van der Waals surface area contributed by atoms with E-state index in [-0.39, 0.29) is 23.2 Å². The van der Waals surface area contributed by atoms with Gasteiger partial charge in [0.2, 0.25) is 0 Å². The fraction of sp³-hybridized carbons (Fsp3) is 0.100. The molecule has 4 nitrogen and oxygen atoms in total. The molecule has 3 rings (SSSR count). The monoisotopic (exact) mass is 469 g/mol. The minimum atomic E-state index is -4.83. The number of carboxylic acids is 1. The molecule has 0 amide bonds. The minimum Gasteiger partial charge on any atom is -0.478 e. The summed E-state index contributed by atoms with van der Waals surface area (Å²) in [6.07, 6.45) is -3.47. The summed E-state index contributed by atoms with van der Waals surface area (Å²) in [5, 5.41) is 9.29. The van der Waals surface area contributed by atoms with Gasteiger partial charge < -0.3 is 9.84 Å². The molecule has 0 atom stereocenters. The Balaban J connectivity index is 1.89.